The summed E-state index contributed by atoms with van der Waals surface area (Å²) in [7, 11) is -3.51. The normalized spacial score (nSPS) is 14.2. The van der Waals surface area contributed by atoms with E-state index in [9.17, 15) is 18.0 Å². The number of nitrogens with zero attached hydrogens (tertiary/aromatic N) is 3. The molecule has 1 unspecified atom stereocenters. The molecule has 2 amide bonds. The first kappa shape index (κ1) is 32.3. The van der Waals surface area contributed by atoms with Crippen LogP contribution in [0.3, 0.4) is 0 Å². The smallest absolute Gasteiger partial charge is 0.243 e. The number of carbonyl (C=O) groups excluding carboxylic acids is 2. The zero-order valence-electron chi connectivity index (χ0n) is 25.0. The number of hydrogen-bond acceptors (Lipinski definition) is 5. The monoisotopic (exact) mass is 644 g/mol. The third-order valence-corrected chi connectivity index (χ3v) is 10.1. The first-order valence-electron chi connectivity index (χ1n) is 15.1. The van der Waals surface area contributed by atoms with Gasteiger partial charge in [0.15, 0.2) is 0 Å². The fourth-order valence-corrected chi connectivity index (χ4v) is 7.09. The van der Waals surface area contributed by atoms with Crippen LogP contribution in [0.5, 0.6) is 0 Å². The van der Waals surface area contributed by atoms with Crippen LogP contribution < -0.4 is 5.32 Å². The number of aromatic nitrogens is 1. The van der Waals surface area contributed by atoms with Gasteiger partial charge in [-0.3, -0.25) is 14.6 Å². The average Bonchev–Trinajstić information content (AvgIpc) is 3.63. The molecule has 1 aliphatic heterocycles. The fourth-order valence-electron chi connectivity index (χ4n) is 5.45. The Labute approximate surface area is 270 Å². The van der Waals surface area contributed by atoms with Crippen molar-refractivity contribution in [2.45, 2.75) is 56.1 Å². The second-order valence-electron chi connectivity index (χ2n) is 11.2. The highest BCUT2D eigenvalue weighted by Crippen LogP contribution is 2.22. The van der Waals surface area contributed by atoms with Gasteiger partial charge in [-0.05, 0) is 71.8 Å². The Morgan fingerprint density at radius 1 is 0.844 bits per heavy atom. The van der Waals surface area contributed by atoms with Gasteiger partial charge in [0, 0.05) is 56.4 Å². The molecule has 2 heterocycles. The van der Waals surface area contributed by atoms with E-state index in [0.717, 1.165) is 35.1 Å². The van der Waals surface area contributed by atoms with E-state index in [0.29, 0.717) is 31.0 Å². The number of sulfonamides is 1. The molecule has 0 radical (unpaired) electrons. The lowest BCUT2D eigenvalue weighted by Crippen LogP contribution is -2.50. The molecule has 3 aromatic carbocycles. The van der Waals surface area contributed by atoms with Crippen LogP contribution in [-0.2, 0) is 45.5 Å². The summed E-state index contributed by atoms with van der Waals surface area (Å²) in [4.78, 5) is 33.9. The van der Waals surface area contributed by atoms with Crippen LogP contribution >= 0.6 is 11.6 Å². The number of benzene rings is 3. The average molecular weight is 645 g/mol. The van der Waals surface area contributed by atoms with E-state index in [4.69, 9.17) is 11.6 Å². The molecule has 45 heavy (non-hydrogen) atoms. The quantitative estimate of drug-likeness (QED) is 0.210. The Morgan fingerprint density at radius 3 is 2.18 bits per heavy atom. The van der Waals surface area contributed by atoms with Crippen molar-refractivity contribution in [3.05, 3.63) is 131 Å². The third kappa shape index (κ3) is 8.78. The summed E-state index contributed by atoms with van der Waals surface area (Å²) in [5, 5.41) is 3.60. The molecule has 0 bridgehead atoms. The van der Waals surface area contributed by atoms with Crippen LogP contribution in [-0.4, -0.2) is 53.6 Å². The minimum absolute atomic E-state index is 0.146. The predicted octanol–water partition coefficient (Wildman–Crippen LogP) is 5.41. The van der Waals surface area contributed by atoms with Crippen molar-refractivity contribution in [2.75, 3.05) is 13.1 Å². The summed E-state index contributed by atoms with van der Waals surface area (Å²) in [5.41, 5.74) is 3.48. The summed E-state index contributed by atoms with van der Waals surface area (Å²) < 4.78 is 27.4. The zero-order chi connectivity index (χ0) is 31.6. The number of rotatable bonds is 13. The Kier molecular flexibility index (Phi) is 11.0. The second-order valence-corrected chi connectivity index (χ2v) is 13.6. The van der Waals surface area contributed by atoms with Gasteiger partial charge in [-0.15, -0.1) is 0 Å². The molecular formula is C35H37ClN4O4S. The minimum atomic E-state index is -3.51. The SMILES string of the molecule is O=C(NCc1cccnc1)C(Cc1ccccc1)N(Cc1ccc(Cl)cc1)C(=O)CCc1ccc(S(=O)(=O)N2CCCC2)cc1. The number of halogens is 1. The lowest BCUT2D eigenvalue weighted by atomic mass is 10.0. The maximum Gasteiger partial charge on any atom is 0.243 e. The molecule has 8 nitrogen and oxygen atoms in total. The van der Waals surface area contributed by atoms with E-state index in [-0.39, 0.29) is 36.2 Å². The molecule has 1 saturated heterocycles. The number of carbonyl (C=O) groups is 2. The van der Waals surface area contributed by atoms with Crippen molar-refractivity contribution in [3.8, 4) is 0 Å². The zero-order valence-corrected chi connectivity index (χ0v) is 26.6. The molecule has 1 fully saturated rings. The number of hydrogen-bond donors (Lipinski definition) is 1. The predicted molar refractivity (Wildman–Crippen MR) is 175 cm³/mol. The van der Waals surface area contributed by atoms with Crippen LogP contribution in [0.4, 0.5) is 0 Å². The number of pyridine rings is 1. The second kappa shape index (κ2) is 15.3. The van der Waals surface area contributed by atoms with Crippen LogP contribution in [0.1, 0.15) is 41.5 Å². The minimum Gasteiger partial charge on any atom is -0.350 e. The molecular weight excluding hydrogens is 608 g/mol. The summed E-state index contributed by atoms with van der Waals surface area (Å²) >= 11 is 6.13. The molecule has 1 N–H and O–H groups in total. The largest absolute Gasteiger partial charge is 0.350 e. The lowest BCUT2D eigenvalue weighted by Gasteiger charge is -2.32. The van der Waals surface area contributed by atoms with Crippen molar-refractivity contribution in [3.63, 3.8) is 0 Å². The molecule has 234 valence electrons. The fraction of sp³-hybridized carbons (Fsp3) is 0.286. The van der Waals surface area contributed by atoms with Gasteiger partial charge in [-0.1, -0.05) is 72.3 Å². The molecule has 1 aliphatic rings. The number of amides is 2. The third-order valence-electron chi connectivity index (χ3n) is 7.98. The molecule has 0 saturated carbocycles. The van der Waals surface area contributed by atoms with E-state index in [2.05, 4.69) is 10.3 Å². The highest BCUT2D eigenvalue weighted by Gasteiger charge is 2.31. The van der Waals surface area contributed by atoms with E-state index in [1.165, 1.54) is 4.31 Å². The number of nitrogens with one attached hydrogen (secondary N) is 1. The first-order valence-corrected chi connectivity index (χ1v) is 16.9. The van der Waals surface area contributed by atoms with Crippen LogP contribution in [0.25, 0.3) is 0 Å². The molecule has 1 atom stereocenters. The van der Waals surface area contributed by atoms with Gasteiger partial charge in [-0.25, -0.2) is 8.42 Å². The van der Waals surface area contributed by atoms with Gasteiger partial charge in [0.25, 0.3) is 0 Å². The van der Waals surface area contributed by atoms with Crippen LogP contribution in [0, 0.1) is 0 Å². The molecule has 5 rings (SSSR count). The van der Waals surface area contributed by atoms with Crippen LogP contribution in [0.15, 0.2) is 108 Å². The van der Waals surface area contributed by atoms with Crippen molar-refractivity contribution in [1.82, 2.24) is 19.5 Å². The summed E-state index contributed by atoms with van der Waals surface area (Å²) in [6.45, 7) is 1.60. The Balaban J connectivity index is 1.36. The van der Waals surface area contributed by atoms with Crippen LogP contribution in [0.2, 0.25) is 5.02 Å². The van der Waals surface area contributed by atoms with Crippen molar-refractivity contribution < 1.29 is 18.0 Å². The van der Waals surface area contributed by atoms with Crippen molar-refractivity contribution in [2.24, 2.45) is 0 Å². The van der Waals surface area contributed by atoms with Gasteiger partial charge in [0.05, 0.1) is 4.90 Å². The van der Waals surface area contributed by atoms with E-state index in [1.54, 1.807) is 53.7 Å². The molecule has 1 aromatic heterocycles. The van der Waals surface area contributed by atoms with Gasteiger partial charge in [-0.2, -0.15) is 4.31 Å². The Hall–Kier alpha value is -4.05. The van der Waals surface area contributed by atoms with Crippen molar-refractivity contribution in [1.29, 1.82) is 0 Å². The molecule has 0 aliphatic carbocycles. The van der Waals surface area contributed by atoms with E-state index in [1.807, 2.05) is 54.6 Å². The number of aryl methyl sites for hydroxylation is 1. The summed E-state index contributed by atoms with van der Waals surface area (Å²) in [6, 6.07) is 26.6. The van der Waals surface area contributed by atoms with Gasteiger partial charge >= 0.3 is 0 Å². The topological polar surface area (TPSA) is 99.7 Å². The first-order chi connectivity index (χ1) is 21.8. The van der Waals surface area contributed by atoms with Gasteiger partial charge in [0.2, 0.25) is 21.8 Å². The molecule has 4 aromatic rings. The molecule has 0 spiro atoms. The van der Waals surface area contributed by atoms with E-state index < -0.39 is 16.1 Å². The Morgan fingerprint density at radius 2 is 1.51 bits per heavy atom. The van der Waals surface area contributed by atoms with E-state index >= 15 is 0 Å². The highest BCUT2D eigenvalue weighted by atomic mass is 35.5. The maximum atomic E-state index is 14.0. The standard InChI is InChI=1S/C35H37ClN4O4S/c36-31-15-10-29(11-16-31)26-40(33(23-28-7-2-1-3-8-28)35(42)38-25-30-9-6-20-37-24-30)34(41)19-14-27-12-17-32(18-13-27)45(43,44)39-21-4-5-22-39/h1-3,6-13,15-18,20,24,33H,4-5,14,19,21-23,25-26H2,(H,38,42). The van der Waals surface area contributed by atoms with Gasteiger partial charge < -0.3 is 10.2 Å². The van der Waals surface area contributed by atoms with Crippen molar-refractivity contribution >= 4 is 33.4 Å². The maximum absolute atomic E-state index is 14.0. The summed E-state index contributed by atoms with van der Waals surface area (Å²) in [6.07, 6.45) is 6.00. The van der Waals surface area contributed by atoms with Gasteiger partial charge in [0.1, 0.15) is 6.04 Å². The Bertz CT molecular complexity index is 1660. The summed E-state index contributed by atoms with van der Waals surface area (Å²) in [5.74, 6) is -0.447. The lowest BCUT2D eigenvalue weighted by molar-refractivity contribution is -0.141. The highest BCUT2D eigenvalue weighted by molar-refractivity contribution is 7.89. The molecule has 10 heteroatoms.